The second-order valence-electron chi connectivity index (χ2n) is 13.8. The normalized spacial score (nSPS) is 19.1. The van der Waals surface area contributed by atoms with Gasteiger partial charge in [-0.2, -0.15) is 24.2 Å². The molecule has 19 heteroatoms. The van der Waals surface area contributed by atoms with Gasteiger partial charge in [0.1, 0.15) is 12.9 Å². The van der Waals surface area contributed by atoms with Crippen LogP contribution in [0, 0.1) is 22.7 Å². The van der Waals surface area contributed by atoms with Crippen molar-refractivity contribution in [1.29, 1.82) is 5.26 Å². The first-order valence-electron chi connectivity index (χ1n) is 17.0. The Bertz CT molecular complexity index is 2140. The Labute approximate surface area is 315 Å². The quantitative estimate of drug-likeness (QED) is 0.0958. The first-order chi connectivity index (χ1) is 26.0. The van der Waals surface area contributed by atoms with Crippen LogP contribution in [0.15, 0.2) is 66.2 Å². The fourth-order valence-corrected chi connectivity index (χ4v) is 7.03. The van der Waals surface area contributed by atoms with E-state index in [2.05, 4.69) is 26.2 Å². The number of amides is 1. The van der Waals surface area contributed by atoms with Crippen LogP contribution in [0.1, 0.15) is 81.9 Å². The summed E-state index contributed by atoms with van der Waals surface area (Å²) in [6, 6.07) is 11.2. The van der Waals surface area contributed by atoms with Gasteiger partial charge < -0.3 is 10.5 Å². The molecule has 0 spiro atoms. The van der Waals surface area contributed by atoms with Crippen molar-refractivity contribution in [2.24, 2.45) is 22.1 Å². The molecular weight excluding hydrogens is 756 g/mol. The number of hydrogen-bond acceptors (Lipinski definition) is 9. The van der Waals surface area contributed by atoms with E-state index in [9.17, 15) is 41.2 Å². The molecule has 3 heterocycles. The van der Waals surface area contributed by atoms with E-state index in [1.165, 1.54) is 24.4 Å². The summed E-state index contributed by atoms with van der Waals surface area (Å²) in [4.78, 5) is 37.4. The molecule has 2 N–H and O–H groups in total. The first-order valence-corrected chi connectivity index (χ1v) is 17.4. The van der Waals surface area contributed by atoms with Crippen LogP contribution < -0.4 is 5.73 Å². The van der Waals surface area contributed by atoms with Crippen molar-refractivity contribution < 1.29 is 40.7 Å². The van der Waals surface area contributed by atoms with Crippen molar-refractivity contribution in [3.8, 4) is 22.9 Å². The van der Waals surface area contributed by atoms with E-state index < -0.39 is 72.5 Å². The highest BCUT2D eigenvalue weighted by atomic mass is 35.5. The zero-order valence-corrected chi connectivity index (χ0v) is 30.1. The molecule has 0 saturated heterocycles. The number of alkyl halides is 6. The SMILES string of the molecule is C[C@H](CC#N)C[C@]1(c2ccc(-c3cnn(C(F)F)c3)cc2)N=C(N)N([C@H](COC(=O)CC2(C(C)(F)F)CC2)c2ccc(Cl)c(-n3ncnc3C(F)F)c2)C1=O. The van der Waals surface area contributed by atoms with Gasteiger partial charge >= 0.3 is 12.5 Å². The molecule has 1 aliphatic carbocycles. The zero-order chi connectivity index (χ0) is 39.9. The summed E-state index contributed by atoms with van der Waals surface area (Å²) in [5.74, 6) is -6.31. The number of aliphatic imine (C=N–C) groups is 1. The van der Waals surface area contributed by atoms with Crippen LogP contribution in [0.2, 0.25) is 5.02 Å². The molecule has 0 unspecified atom stereocenters. The molecule has 2 aromatic heterocycles. The number of aromatic nitrogens is 5. The highest BCUT2D eigenvalue weighted by molar-refractivity contribution is 6.32. The van der Waals surface area contributed by atoms with Gasteiger partial charge in [-0.25, -0.2) is 36.9 Å². The van der Waals surface area contributed by atoms with Crippen molar-refractivity contribution in [3.63, 3.8) is 0 Å². The van der Waals surface area contributed by atoms with Crippen LogP contribution >= 0.6 is 11.6 Å². The lowest BCUT2D eigenvalue weighted by Crippen LogP contribution is -2.47. The van der Waals surface area contributed by atoms with Crippen molar-refractivity contribution >= 4 is 29.4 Å². The van der Waals surface area contributed by atoms with Gasteiger partial charge in [-0.3, -0.25) is 14.5 Å². The average Bonchev–Trinajstić information content (AvgIpc) is 3.44. The molecule has 55 heavy (non-hydrogen) atoms. The van der Waals surface area contributed by atoms with Gasteiger partial charge in [-0.15, -0.1) is 0 Å². The van der Waals surface area contributed by atoms with Gasteiger partial charge in [-0.1, -0.05) is 48.9 Å². The smallest absolute Gasteiger partial charge is 0.333 e. The predicted octanol–water partition coefficient (Wildman–Crippen LogP) is 7.52. The van der Waals surface area contributed by atoms with E-state index in [1.54, 1.807) is 31.2 Å². The van der Waals surface area contributed by atoms with Gasteiger partial charge in [-0.05, 0) is 60.9 Å². The molecule has 0 radical (unpaired) electrons. The number of rotatable bonds is 15. The van der Waals surface area contributed by atoms with Crippen LogP contribution in [0.5, 0.6) is 0 Å². The van der Waals surface area contributed by atoms with Crippen LogP contribution in [-0.4, -0.2) is 59.8 Å². The largest absolute Gasteiger partial charge is 0.463 e. The Morgan fingerprint density at radius 2 is 1.82 bits per heavy atom. The molecular formula is C36H34ClF6N9O3. The van der Waals surface area contributed by atoms with E-state index in [4.69, 9.17) is 22.1 Å². The van der Waals surface area contributed by atoms with Crippen molar-refractivity contribution in [1.82, 2.24) is 29.4 Å². The second kappa shape index (κ2) is 15.0. The zero-order valence-electron chi connectivity index (χ0n) is 29.4. The lowest BCUT2D eigenvalue weighted by atomic mass is 9.80. The molecule has 3 atom stereocenters. The van der Waals surface area contributed by atoms with Crippen LogP contribution in [-0.2, 0) is 19.9 Å². The van der Waals surface area contributed by atoms with Crippen LogP contribution in [0.4, 0.5) is 26.3 Å². The highest BCUT2D eigenvalue weighted by Crippen LogP contribution is 2.59. The maximum absolute atomic E-state index is 14.9. The summed E-state index contributed by atoms with van der Waals surface area (Å²) >= 11 is 6.43. The topological polar surface area (TPSA) is 157 Å². The maximum Gasteiger partial charge on any atom is 0.333 e. The highest BCUT2D eigenvalue weighted by Gasteiger charge is 2.60. The summed E-state index contributed by atoms with van der Waals surface area (Å²) in [5.41, 5.74) is 4.53. The number of ether oxygens (including phenoxy) is 1. The van der Waals surface area contributed by atoms with E-state index >= 15 is 0 Å². The Hall–Kier alpha value is -5.44. The molecule has 4 aromatic rings. The van der Waals surface area contributed by atoms with Crippen LogP contribution in [0.25, 0.3) is 16.8 Å². The van der Waals surface area contributed by atoms with Crippen molar-refractivity contribution in [2.45, 2.75) is 76.4 Å². The molecule has 290 valence electrons. The first kappa shape index (κ1) is 39.3. The molecule has 2 aliphatic rings. The Balaban J connectivity index is 1.40. The number of nitriles is 1. The van der Waals surface area contributed by atoms with E-state index in [0.29, 0.717) is 21.4 Å². The van der Waals surface area contributed by atoms with Gasteiger partial charge in [0.15, 0.2) is 17.3 Å². The summed E-state index contributed by atoms with van der Waals surface area (Å²) in [7, 11) is 0. The minimum absolute atomic E-state index is 0.0254. The standard InChI is InChI=1S/C36H34ClF6N9O3/c1-20(9-12-44)14-36(24-6-3-21(4-7-24)23-16-47-50(17-23)32(40)41)31(54)51(33(45)49-36)27(18-55-28(53)15-35(10-11-35)34(2,42)43)22-5-8-25(37)26(13-22)52-30(29(38)39)46-19-48-52/h3-8,13,16-17,19-20,27,29,32H,9-11,14-15,18H2,1-2H3,(H2,45,49)/t20-,27-,36-/m1/s1. The summed E-state index contributed by atoms with van der Waals surface area (Å²) in [6.07, 6.45) is -0.0888. The number of benzene rings is 2. The van der Waals surface area contributed by atoms with E-state index in [0.717, 1.165) is 29.0 Å². The molecule has 1 saturated carbocycles. The molecule has 1 amide bonds. The van der Waals surface area contributed by atoms with Crippen molar-refractivity contribution in [3.05, 3.63) is 83.2 Å². The third-order valence-electron chi connectivity index (χ3n) is 10.0. The molecule has 2 aromatic carbocycles. The summed E-state index contributed by atoms with van der Waals surface area (Å²) in [5, 5.41) is 17.0. The molecule has 6 rings (SSSR count). The molecule has 0 bridgehead atoms. The number of esters is 1. The van der Waals surface area contributed by atoms with Gasteiger partial charge in [0.25, 0.3) is 18.3 Å². The summed E-state index contributed by atoms with van der Waals surface area (Å²) < 4.78 is 89.7. The number of nitrogens with zero attached hydrogens (tertiary/aromatic N) is 8. The van der Waals surface area contributed by atoms with Gasteiger partial charge in [0.2, 0.25) is 0 Å². The Kier molecular flexibility index (Phi) is 10.7. The minimum Gasteiger partial charge on any atom is -0.463 e. The number of halogens is 7. The number of hydrogen-bond donors (Lipinski definition) is 1. The summed E-state index contributed by atoms with van der Waals surface area (Å²) in [6.45, 7) is -1.01. The van der Waals surface area contributed by atoms with Gasteiger partial charge in [0.05, 0.1) is 35.4 Å². The van der Waals surface area contributed by atoms with Gasteiger partial charge in [0, 0.05) is 23.6 Å². The third-order valence-corrected chi connectivity index (χ3v) is 10.4. The number of carbonyl (C=O) groups excluding carboxylic acids is 2. The fourth-order valence-electron chi connectivity index (χ4n) is 6.83. The number of carbonyl (C=O) groups is 2. The van der Waals surface area contributed by atoms with Crippen molar-refractivity contribution in [2.75, 3.05) is 6.61 Å². The lowest BCUT2D eigenvalue weighted by Gasteiger charge is -2.33. The van der Waals surface area contributed by atoms with E-state index in [1.807, 2.05) is 0 Å². The molecule has 1 aliphatic heterocycles. The number of nitrogens with two attached hydrogens (primary N) is 1. The lowest BCUT2D eigenvalue weighted by molar-refractivity contribution is -0.153. The Morgan fingerprint density at radius 1 is 1.11 bits per heavy atom. The van der Waals surface area contributed by atoms with E-state index in [-0.39, 0.29) is 47.9 Å². The minimum atomic E-state index is -3.16. The maximum atomic E-state index is 14.9. The monoisotopic (exact) mass is 789 g/mol. The number of guanidine groups is 1. The molecule has 12 nitrogen and oxygen atoms in total. The third kappa shape index (κ3) is 7.62. The Morgan fingerprint density at radius 3 is 2.42 bits per heavy atom. The molecule has 1 fully saturated rings. The second-order valence-corrected chi connectivity index (χ2v) is 14.2. The van der Waals surface area contributed by atoms with Crippen LogP contribution in [0.3, 0.4) is 0 Å². The predicted molar refractivity (Wildman–Crippen MR) is 185 cm³/mol. The average molecular weight is 790 g/mol. The fraction of sp³-hybridized carbons (Fsp3) is 0.417.